The molecule has 0 saturated carbocycles. The highest BCUT2D eigenvalue weighted by Gasteiger charge is 2.19. The van der Waals surface area contributed by atoms with Crippen LogP contribution in [0.1, 0.15) is 35.1 Å². The van der Waals surface area contributed by atoms with E-state index in [1.54, 1.807) is 0 Å². The maximum Gasteiger partial charge on any atom is 0.133 e. The van der Waals surface area contributed by atoms with Crippen molar-refractivity contribution in [2.24, 2.45) is 0 Å². The lowest BCUT2D eigenvalue weighted by molar-refractivity contribution is 0.813. The molecule has 1 aromatic carbocycles. The number of benzene rings is 1. The highest BCUT2D eigenvalue weighted by atomic mass is 14.3. The average Bonchev–Trinajstić information content (AvgIpc) is 2.31. The Morgan fingerprint density at radius 1 is 1.12 bits per heavy atom. The molecule has 1 aliphatic carbocycles. The molecular weight excluding hydrogens is 208 g/mol. The van der Waals surface area contributed by atoms with Gasteiger partial charge in [-0.05, 0) is 55.4 Å². The molecule has 0 aromatic heterocycles. The highest BCUT2D eigenvalue weighted by Crippen LogP contribution is 2.35. The van der Waals surface area contributed by atoms with Crippen molar-refractivity contribution in [1.29, 1.82) is 10.5 Å². The number of hydrogen-bond acceptors (Lipinski definition) is 2. The van der Waals surface area contributed by atoms with E-state index in [4.69, 9.17) is 10.5 Å². The largest absolute Gasteiger partial charge is 0.192 e. The van der Waals surface area contributed by atoms with E-state index in [1.807, 2.05) is 12.1 Å². The molecule has 84 valence electrons. The van der Waals surface area contributed by atoms with E-state index in [1.165, 1.54) is 16.7 Å². The fraction of sp³-hybridized carbons (Fsp3) is 0.333. The molecule has 0 N–H and O–H groups in total. The van der Waals surface area contributed by atoms with Gasteiger partial charge < -0.3 is 0 Å². The summed E-state index contributed by atoms with van der Waals surface area (Å²) in [6.45, 7) is 4.16. The van der Waals surface area contributed by atoms with Gasteiger partial charge in [-0.2, -0.15) is 10.5 Å². The van der Waals surface area contributed by atoms with Gasteiger partial charge in [0, 0.05) is 0 Å². The quantitative estimate of drug-likeness (QED) is 0.631. The number of allylic oxidation sites excluding steroid dienone is 2. The van der Waals surface area contributed by atoms with Crippen molar-refractivity contribution in [1.82, 2.24) is 0 Å². The minimum Gasteiger partial charge on any atom is -0.192 e. The minimum absolute atomic E-state index is 0.274. The van der Waals surface area contributed by atoms with E-state index >= 15 is 0 Å². The van der Waals surface area contributed by atoms with Crippen LogP contribution in [0.15, 0.2) is 17.7 Å². The van der Waals surface area contributed by atoms with E-state index in [-0.39, 0.29) is 5.57 Å². The van der Waals surface area contributed by atoms with Crippen LogP contribution in [0.5, 0.6) is 0 Å². The summed E-state index contributed by atoms with van der Waals surface area (Å²) in [7, 11) is 0. The number of nitrogens with zero attached hydrogens (tertiary/aromatic N) is 2. The molecule has 0 amide bonds. The molecule has 17 heavy (non-hydrogen) atoms. The first kappa shape index (κ1) is 11.4. The van der Waals surface area contributed by atoms with Crippen molar-refractivity contribution < 1.29 is 0 Å². The standard InChI is InChI=1S/C15H14N2/c1-10-6-11(2)13-4-3-5-14(15(13)7-10)12(8-16)9-17/h6-7H,3-5H2,1-2H3. The van der Waals surface area contributed by atoms with E-state index in [0.717, 1.165) is 30.4 Å². The van der Waals surface area contributed by atoms with Gasteiger partial charge in [0.25, 0.3) is 0 Å². The van der Waals surface area contributed by atoms with Crippen LogP contribution in [0.4, 0.5) is 0 Å². The lowest BCUT2D eigenvalue weighted by Gasteiger charge is -2.21. The summed E-state index contributed by atoms with van der Waals surface area (Å²) in [4.78, 5) is 0. The number of aryl methyl sites for hydroxylation is 2. The second-order valence-corrected chi connectivity index (χ2v) is 4.54. The summed E-state index contributed by atoms with van der Waals surface area (Å²) in [5.41, 5.74) is 6.09. The number of nitriles is 2. The topological polar surface area (TPSA) is 47.6 Å². The molecule has 0 saturated heterocycles. The number of hydrogen-bond donors (Lipinski definition) is 0. The molecule has 2 nitrogen and oxygen atoms in total. The summed E-state index contributed by atoms with van der Waals surface area (Å²) < 4.78 is 0. The van der Waals surface area contributed by atoms with E-state index in [2.05, 4.69) is 26.0 Å². The zero-order valence-electron chi connectivity index (χ0n) is 10.2. The van der Waals surface area contributed by atoms with Crippen molar-refractivity contribution in [3.05, 3.63) is 40.0 Å². The van der Waals surface area contributed by atoms with Crippen molar-refractivity contribution >= 4 is 5.57 Å². The molecule has 0 atom stereocenters. The van der Waals surface area contributed by atoms with Crippen LogP contribution in [-0.4, -0.2) is 0 Å². The smallest absolute Gasteiger partial charge is 0.133 e. The monoisotopic (exact) mass is 222 g/mol. The Balaban J connectivity index is 2.73. The van der Waals surface area contributed by atoms with Gasteiger partial charge in [0.1, 0.15) is 17.7 Å². The molecule has 0 spiro atoms. The second kappa shape index (κ2) is 4.44. The normalized spacial score (nSPS) is 13.5. The molecule has 0 bridgehead atoms. The van der Waals surface area contributed by atoms with Crippen molar-refractivity contribution in [3.63, 3.8) is 0 Å². The molecule has 2 heteroatoms. The SMILES string of the molecule is Cc1cc(C)c2c(c1)C(=C(C#N)C#N)CCC2. The van der Waals surface area contributed by atoms with E-state index in [0.29, 0.717) is 0 Å². The molecule has 1 aliphatic rings. The van der Waals surface area contributed by atoms with Gasteiger partial charge >= 0.3 is 0 Å². The molecule has 0 unspecified atom stereocenters. The van der Waals surface area contributed by atoms with Crippen LogP contribution in [0.2, 0.25) is 0 Å². The van der Waals surface area contributed by atoms with Crippen molar-refractivity contribution in [3.8, 4) is 12.1 Å². The van der Waals surface area contributed by atoms with Gasteiger partial charge in [-0.15, -0.1) is 0 Å². The van der Waals surface area contributed by atoms with Gasteiger partial charge in [0.2, 0.25) is 0 Å². The first-order valence-electron chi connectivity index (χ1n) is 5.81. The molecule has 0 radical (unpaired) electrons. The zero-order chi connectivity index (χ0) is 12.4. The van der Waals surface area contributed by atoms with Gasteiger partial charge in [-0.1, -0.05) is 17.7 Å². The summed E-state index contributed by atoms with van der Waals surface area (Å²) in [6, 6.07) is 8.31. The maximum absolute atomic E-state index is 9.01. The Morgan fingerprint density at radius 2 is 1.82 bits per heavy atom. The summed E-state index contributed by atoms with van der Waals surface area (Å²) in [6.07, 6.45) is 2.92. The fourth-order valence-corrected chi connectivity index (χ4v) is 2.59. The first-order chi connectivity index (χ1) is 8.17. The third kappa shape index (κ3) is 1.95. The molecule has 0 fully saturated rings. The summed E-state index contributed by atoms with van der Waals surface area (Å²) in [5.74, 6) is 0. The van der Waals surface area contributed by atoms with Crippen molar-refractivity contribution in [2.45, 2.75) is 33.1 Å². The minimum atomic E-state index is 0.274. The Labute approximate surface area is 102 Å². The maximum atomic E-state index is 9.01. The van der Waals surface area contributed by atoms with Gasteiger partial charge in [0.15, 0.2) is 0 Å². The Hall–Kier alpha value is -2.06. The van der Waals surface area contributed by atoms with Gasteiger partial charge in [-0.3, -0.25) is 0 Å². The first-order valence-corrected chi connectivity index (χ1v) is 5.81. The second-order valence-electron chi connectivity index (χ2n) is 4.54. The highest BCUT2D eigenvalue weighted by molar-refractivity contribution is 5.79. The lowest BCUT2D eigenvalue weighted by atomic mass is 9.82. The summed E-state index contributed by atoms with van der Waals surface area (Å²) >= 11 is 0. The van der Waals surface area contributed by atoms with Gasteiger partial charge in [0.05, 0.1) is 0 Å². The van der Waals surface area contributed by atoms with Crippen LogP contribution in [0.3, 0.4) is 0 Å². The Bertz CT molecular complexity index is 564. The Morgan fingerprint density at radius 3 is 2.47 bits per heavy atom. The van der Waals surface area contributed by atoms with E-state index in [9.17, 15) is 0 Å². The van der Waals surface area contributed by atoms with E-state index < -0.39 is 0 Å². The molecular formula is C15H14N2. The average molecular weight is 222 g/mol. The number of rotatable bonds is 0. The predicted octanol–water partition coefficient (Wildman–Crippen LogP) is 3.44. The molecule has 1 aromatic rings. The summed E-state index contributed by atoms with van der Waals surface area (Å²) in [5, 5.41) is 18.0. The fourth-order valence-electron chi connectivity index (χ4n) is 2.59. The van der Waals surface area contributed by atoms with Crippen LogP contribution in [0, 0.1) is 36.5 Å². The molecule has 0 heterocycles. The Kier molecular flexibility index (Phi) is 2.98. The van der Waals surface area contributed by atoms with Crippen LogP contribution in [-0.2, 0) is 6.42 Å². The van der Waals surface area contributed by atoms with Crippen LogP contribution < -0.4 is 0 Å². The van der Waals surface area contributed by atoms with Gasteiger partial charge in [-0.25, -0.2) is 0 Å². The number of fused-ring (bicyclic) bond motifs is 1. The molecule has 0 aliphatic heterocycles. The molecule has 2 rings (SSSR count). The van der Waals surface area contributed by atoms with Crippen LogP contribution in [0.25, 0.3) is 5.57 Å². The third-order valence-corrected chi connectivity index (χ3v) is 3.32. The lowest BCUT2D eigenvalue weighted by Crippen LogP contribution is -2.06. The third-order valence-electron chi connectivity index (χ3n) is 3.32. The van der Waals surface area contributed by atoms with Crippen molar-refractivity contribution in [2.75, 3.05) is 0 Å². The zero-order valence-corrected chi connectivity index (χ0v) is 10.2. The van der Waals surface area contributed by atoms with Crippen LogP contribution >= 0.6 is 0 Å². The predicted molar refractivity (Wildman–Crippen MR) is 67.0 cm³/mol.